The summed E-state index contributed by atoms with van der Waals surface area (Å²) in [5.74, 6) is -0.323. The van der Waals surface area contributed by atoms with Crippen LogP contribution >= 0.6 is 11.6 Å². The van der Waals surface area contributed by atoms with Gasteiger partial charge in [0.05, 0.1) is 6.04 Å². The zero-order valence-electron chi connectivity index (χ0n) is 9.53. The molecular weight excluding hydrogens is 224 g/mol. The Morgan fingerprint density at radius 1 is 1.56 bits per heavy atom. The second-order valence-electron chi connectivity index (χ2n) is 3.81. The monoisotopic (exact) mass is 240 g/mol. The van der Waals surface area contributed by atoms with Crippen molar-refractivity contribution in [1.82, 2.24) is 5.32 Å². The number of nitrogens with one attached hydrogen (secondary N) is 1. The molecule has 0 saturated carbocycles. The summed E-state index contributed by atoms with van der Waals surface area (Å²) in [4.78, 5) is 11.1. The quantitative estimate of drug-likeness (QED) is 0.830. The molecule has 1 rings (SSSR count). The lowest BCUT2D eigenvalue weighted by atomic mass is 10.1. The van der Waals surface area contributed by atoms with Crippen LogP contribution in [0.25, 0.3) is 0 Å². The summed E-state index contributed by atoms with van der Waals surface area (Å²) in [7, 11) is 0. The zero-order valence-corrected chi connectivity index (χ0v) is 10.3. The molecule has 4 heteroatoms. The molecule has 1 aromatic carbocycles. The van der Waals surface area contributed by atoms with Crippen molar-refractivity contribution in [2.24, 2.45) is 5.73 Å². The van der Waals surface area contributed by atoms with Crippen LogP contribution in [-0.2, 0) is 4.79 Å². The van der Waals surface area contributed by atoms with Gasteiger partial charge in [0, 0.05) is 11.1 Å². The van der Waals surface area contributed by atoms with E-state index in [0.717, 1.165) is 5.56 Å². The van der Waals surface area contributed by atoms with E-state index in [9.17, 15) is 4.79 Å². The number of carbonyl (C=O) groups excluding carboxylic acids is 1. The van der Waals surface area contributed by atoms with E-state index in [4.69, 9.17) is 17.3 Å². The van der Waals surface area contributed by atoms with Crippen molar-refractivity contribution in [1.29, 1.82) is 0 Å². The van der Waals surface area contributed by atoms with Gasteiger partial charge in [-0.15, -0.1) is 0 Å². The highest BCUT2D eigenvalue weighted by Crippen LogP contribution is 2.18. The highest BCUT2D eigenvalue weighted by Gasteiger charge is 2.16. The molecule has 0 aliphatic heterocycles. The number of halogens is 1. The van der Waals surface area contributed by atoms with Gasteiger partial charge in [-0.1, -0.05) is 30.7 Å². The highest BCUT2D eigenvalue weighted by atomic mass is 35.5. The number of benzene rings is 1. The van der Waals surface area contributed by atoms with Crippen molar-refractivity contribution in [3.63, 3.8) is 0 Å². The average Bonchev–Trinajstić information content (AvgIpc) is 2.25. The Kier molecular flexibility index (Phi) is 4.77. The Labute approximate surface area is 101 Å². The second kappa shape index (κ2) is 5.87. The summed E-state index contributed by atoms with van der Waals surface area (Å²) < 4.78 is 0. The fourth-order valence-corrected chi connectivity index (χ4v) is 1.77. The summed E-state index contributed by atoms with van der Waals surface area (Å²) in [6.07, 6.45) is 0.681. The molecule has 0 aromatic heterocycles. The van der Waals surface area contributed by atoms with Crippen molar-refractivity contribution >= 4 is 17.5 Å². The lowest BCUT2D eigenvalue weighted by Crippen LogP contribution is -2.41. The lowest BCUT2D eigenvalue weighted by molar-refractivity contribution is -0.120. The summed E-state index contributed by atoms with van der Waals surface area (Å²) >= 11 is 5.90. The van der Waals surface area contributed by atoms with Crippen molar-refractivity contribution in [3.05, 3.63) is 34.9 Å². The van der Waals surface area contributed by atoms with E-state index in [-0.39, 0.29) is 18.0 Å². The van der Waals surface area contributed by atoms with Gasteiger partial charge >= 0.3 is 0 Å². The van der Waals surface area contributed by atoms with Crippen LogP contribution in [0, 0.1) is 0 Å². The zero-order chi connectivity index (χ0) is 12.1. The van der Waals surface area contributed by atoms with E-state index < -0.39 is 0 Å². The topological polar surface area (TPSA) is 55.1 Å². The molecule has 16 heavy (non-hydrogen) atoms. The van der Waals surface area contributed by atoms with Gasteiger partial charge < -0.3 is 5.73 Å². The molecule has 3 N–H and O–H groups in total. The minimum absolute atomic E-state index is 0.0520. The van der Waals surface area contributed by atoms with E-state index in [0.29, 0.717) is 11.4 Å². The molecule has 1 aromatic rings. The van der Waals surface area contributed by atoms with E-state index in [1.54, 1.807) is 0 Å². The van der Waals surface area contributed by atoms with Gasteiger partial charge in [0.25, 0.3) is 0 Å². The van der Waals surface area contributed by atoms with Gasteiger partial charge in [0.1, 0.15) is 0 Å². The Hall–Kier alpha value is -1.06. The second-order valence-corrected chi connectivity index (χ2v) is 4.24. The number of primary amides is 1. The Morgan fingerprint density at radius 3 is 2.75 bits per heavy atom. The van der Waals surface area contributed by atoms with E-state index in [2.05, 4.69) is 5.32 Å². The van der Waals surface area contributed by atoms with Gasteiger partial charge in [0.2, 0.25) is 5.91 Å². The molecule has 0 aliphatic rings. The van der Waals surface area contributed by atoms with Gasteiger partial charge in [-0.05, 0) is 31.0 Å². The fourth-order valence-electron chi connectivity index (χ4n) is 1.58. The maximum Gasteiger partial charge on any atom is 0.234 e. The number of rotatable bonds is 5. The molecule has 2 atom stereocenters. The van der Waals surface area contributed by atoms with Crippen LogP contribution in [0.2, 0.25) is 5.02 Å². The number of nitrogens with two attached hydrogens (primary N) is 1. The van der Waals surface area contributed by atoms with Crippen molar-refractivity contribution in [2.75, 3.05) is 0 Å². The number of amides is 1. The maximum absolute atomic E-state index is 11.1. The van der Waals surface area contributed by atoms with Crippen molar-refractivity contribution < 1.29 is 4.79 Å². The minimum atomic E-state index is -0.323. The minimum Gasteiger partial charge on any atom is -0.368 e. The molecule has 0 radical (unpaired) electrons. The highest BCUT2D eigenvalue weighted by molar-refractivity contribution is 6.30. The first-order chi connectivity index (χ1) is 7.54. The van der Waals surface area contributed by atoms with Gasteiger partial charge in [-0.2, -0.15) is 0 Å². The lowest BCUT2D eigenvalue weighted by Gasteiger charge is -2.20. The average molecular weight is 241 g/mol. The first-order valence-electron chi connectivity index (χ1n) is 5.35. The van der Waals surface area contributed by atoms with Crippen LogP contribution in [0.15, 0.2) is 24.3 Å². The van der Waals surface area contributed by atoms with Crippen LogP contribution in [-0.4, -0.2) is 11.9 Å². The molecule has 0 spiro atoms. The van der Waals surface area contributed by atoms with E-state index in [1.165, 1.54) is 0 Å². The third-order valence-electron chi connectivity index (χ3n) is 2.55. The summed E-state index contributed by atoms with van der Waals surface area (Å²) in [5.41, 5.74) is 6.32. The molecule has 1 amide bonds. The van der Waals surface area contributed by atoms with E-state index >= 15 is 0 Å². The molecule has 2 unspecified atom stereocenters. The van der Waals surface area contributed by atoms with Crippen LogP contribution < -0.4 is 11.1 Å². The molecule has 0 fully saturated rings. The van der Waals surface area contributed by atoms with Crippen LogP contribution in [0.1, 0.15) is 31.9 Å². The predicted octanol–water partition coefficient (Wildman–Crippen LogP) is 2.25. The summed E-state index contributed by atoms with van der Waals surface area (Å²) in [5, 5.41) is 3.87. The van der Waals surface area contributed by atoms with Crippen molar-refractivity contribution in [2.45, 2.75) is 32.4 Å². The number of carbonyl (C=O) groups is 1. The van der Waals surface area contributed by atoms with Crippen LogP contribution in [0.5, 0.6) is 0 Å². The molecule has 0 heterocycles. The third-order valence-corrected chi connectivity index (χ3v) is 2.79. The molecule has 0 saturated heterocycles. The van der Waals surface area contributed by atoms with Crippen LogP contribution in [0.3, 0.4) is 0 Å². The fraction of sp³-hybridized carbons (Fsp3) is 0.417. The Balaban J connectivity index is 2.71. The van der Waals surface area contributed by atoms with Crippen LogP contribution in [0.4, 0.5) is 0 Å². The summed E-state index contributed by atoms with van der Waals surface area (Å²) in [6.45, 7) is 3.91. The predicted molar refractivity (Wildman–Crippen MR) is 66.3 cm³/mol. The smallest absolute Gasteiger partial charge is 0.234 e. The molecule has 3 nitrogen and oxygen atoms in total. The van der Waals surface area contributed by atoms with Gasteiger partial charge in [-0.25, -0.2) is 0 Å². The SMILES string of the molecule is CCC(NC(C)c1cccc(Cl)c1)C(N)=O. The third kappa shape index (κ3) is 3.51. The maximum atomic E-state index is 11.1. The normalized spacial score (nSPS) is 14.4. The summed E-state index contributed by atoms with van der Waals surface area (Å²) in [6, 6.07) is 7.32. The molecular formula is C12H17ClN2O. The Morgan fingerprint density at radius 2 is 2.25 bits per heavy atom. The molecule has 0 bridgehead atoms. The van der Waals surface area contributed by atoms with Gasteiger partial charge in [-0.3, -0.25) is 10.1 Å². The number of hydrogen-bond acceptors (Lipinski definition) is 2. The van der Waals surface area contributed by atoms with Crippen molar-refractivity contribution in [3.8, 4) is 0 Å². The number of hydrogen-bond donors (Lipinski definition) is 2. The van der Waals surface area contributed by atoms with E-state index in [1.807, 2.05) is 38.1 Å². The molecule has 88 valence electrons. The largest absolute Gasteiger partial charge is 0.368 e. The first kappa shape index (κ1) is 13.0. The van der Waals surface area contributed by atoms with Gasteiger partial charge in [0.15, 0.2) is 0 Å². The standard InChI is InChI=1S/C12H17ClN2O/c1-3-11(12(14)16)15-8(2)9-5-4-6-10(13)7-9/h4-8,11,15H,3H2,1-2H3,(H2,14,16). The Bertz CT molecular complexity index is 368. The molecule has 0 aliphatic carbocycles. The first-order valence-corrected chi connectivity index (χ1v) is 5.73.